The Hall–Kier alpha value is -2.47. The molecule has 1 aromatic carbocycles. The van der Waals surface area contributed by atoms with Crippen LogP contribution in [0.25, 0.3) is 0 Å². The van der Waals surface area contributed by atoms with Crippen molar-refractivity contribution in [3.8, 4) is 0 Å². The maximum Gasteiger partial charge on any atom is 0.223 e. The van der Waals surface area contributed by atoms with E-state index in [0.717, 1.165) is 33.9 Å². The molecule has 6 heteroatoms. The summed E-state index contributed by atoms with van der Waals surface area (Å²) in [6.07, 6.45) is 1.20. The van der Waals surface area contributed by atoms with Crippen LogP contribution in [-0.2, 0) is 31.4 Å². The number of hydrogen-bond acceptors (Lipinski definition) is 4. The number of carbonyl (C=O) groups is 1. The Balaban J connectivity index is 1.74. The number of aryl methyl sites for hydroxylation is 3. The topological polar surface area (TPSA) is 51.0 Å². The fourth-order valence-electron chi connectivity index (χ4n) is 3.26. The van der Waals surface area contributed by atoms with Crippen LogP contribution in [0.2, 0.25) is 0 Å². The number of nitrogens with zero attached hydrogens (tertiary/aromatic N) is 4. The van der Waals surface area contributed by atoms with Crippen molar-refractivity contribution in [3.63, 3.8) is 0 Å². The summed E-state index contributed by atoms with van der Waals surface area (Å²) in [5, 5.41) is 4.46. The van der Waals surface area contributed by atoms with E-state index < -0.39 is 0 Å². The molecule has 0 saturated heterocycles. The van der Waals surface area contributed by atoms with Gasteiger partial charge in [-0.3, -0.25) is 9.48 Å². The predicted molar refractivity (Wildman–Crippen MR) is 109 cm³/mol. The predicted octanol–water partition coefficient (Wildman–Crippen LogP) is 3.96. The van der Waals surface area contributed by atoms with E-state index in [1.165, 1.54) is 5.56 Å². The Morgan fingerprint density at radius 3 is 2.44 bits per heavy atom. The molecule has 0 aliphatic heterocycles. The van der Waals surface area contributed by atoms with Crippen molar-refractivity contribution >= 4 is 17.2 Å². The Labute approximate surface area is 164 Å². The van der Waals surface area contributed by atoms with Crippen LogP contribution >= 0.6 is 11.3 Å². The zero-order valence-corrected chi connectivity index (χ0v) is 17.2. The Bertz CT molecular complexity index is 914. The molecule has 0 radical (unpaired) electrons. The number of thiazole rings is 1. The van der Waals surface area contributed by atoms with Crippen molar-refractivity contribution < 1.29 is 4.79 Å². The normalized spacial score (nSPS) is 11.0. The second kappa shape index (κ2) is 8.48. The lowest BCUT2D eigenvalue weighted by Crippen LogP contribution is -2.30. The smallest absolute Gasteiger partial charge is 0.223 e. The van der Waals surface area contributed by atoms with Gasteiger partial charge in [-0.2, -0.15) is 5.10 Å². The molecule has 0 aliphatic rings. The lowest BCUT2D eigenvalue weighted by molar-refractivity contribution is -0.132. The highest BCUT2D eigenvalue weighted by Gasteiger charge is 2.18. The SMILES string of the molecule is Cc1ncsc1CN(Cc1ccccc1)C(=O)CCc1c(C)nn(C)c1C. The van der Waals surface area contributed by atoms with Gasteiger partial charge in [-0.1, -0.05) is 30.3 Å². The third kappa shape index (κ3) is 4.63. The minimum atomic E-state index is 0.161. The van der Waals surface area contributed by atoms with E-state index in [2.05, 4.69) is 29.1 Å². The second-order valence-electron chi connectivity index (χ2n) is 6.87. The van der Waals surface area contributed by atoms with Crippen molar-refractivity contribution in [2.75, 3.05) is 0 Å². The summed E-state index contributed by atoms with van der Waals surface area (Å²) < 4.78 is 1.89. The van der Waals surface area contributed by atoms with Crippen LogP contribution < -0.4 is 0 Å². The largest absolute Gasteiger partial charge is 0.333 e. The van der Waals surface area contributed by atoms with Gasteiger partial charge in [-0.25, -0.2) is 4.98 Å². The van der Waals surface area contributed by atoms with Gasteiger partial charge in [0, 0.05) is 30.6 Å². The van der Waals surface area contributed by atoms with E-state index in [-0.39, 0.29) is 5.91 Å². The molecule has 5 nitrogen and oxygen atoms in total. The van der Waals surface area contributed by atoms with Crippen LogP contribution in [0.3, 0.4) is 0 Å². The average molecular weight is 383 g/mol. The molecule has 0 atom stereocenters. The molecule has 0 aliphatic carbocycles. The highest BCUT2D eigenvalue weighted by atomic mass is 32.1. The molecule has 2 heterocycles. The highest BCUT2D eigenvalue weighted by molar-refractivity contribution is 7.09. The minimum absolute atomic E-state index is 0.161. The summed E-state index contributed by atoms with van der Waals surface area (Å²) in [5.74, 6) is 0.161. The lowest BCUT2D eigenvalue weighted by Gasteiger charge is -2.23. The van der Waals surface area contributed by atoms with Gasteiger partial charge in [0.15, 0.2) is 0 Å². The van der Waals surface area contributed by atoms with Crippen molar-refractivity contribution in [2.24, 2.45) is 7.05 Å². The number of benzene rings is 1. The number of amides is 1. The second-order valence-corrected chi connectivity index (χ2v) is 7.81. The van der Waals surface area contributed by atoms with Crippen molar-refractivity contribution in [1.29, 1.82) is 0 Å². The standard InChI is InChI=1S/C21H26N4OS/c1-15-19(17(3)24(4)23-15)10-11-21(26)25(12-18-8-6-5-7-9-18)13-20-16(2)22-14-27-20/h5-9,14H,10-13H2,1-4H3. The molecule has 0 spiro atoms. The minimum Gasteiger partial charge on any atom is -0.333 e. The fourth-order valence-corrected chi connectivity index (χ4v) is 4.05. The average Bonchev–Trinajstić information content (AvgIpc) is 3.16. The van der Waals surface area contributed by atoms with Crippen LogP contribution in [0.15, 0.2) is 35.8 Å². The summed E-state index contributed by atoms with van der Waals surface area (Å²) in [6, 6.07) is 10.2. The molecule has 0 bridgehead atoms. The van der Waals surface area contributed by atoms with E-state index in [4.69, 9.17) is 0 Å². The Kier molecular flexibility index (Phi) is 6.06. The maximum absolute atomic E-state index is 13.1. The van der Waals surface area contributed by atoms with E-state index in [1.54, 1.807) is 11.3 Å². The van der Waals surface area contributed by atoms with Gasteiger partial charge < -0.3 is 4.90 Å². The van der Waals surface area contributed by atoms with E-state index in [9.17, 15) is 4.79 Å². The third-order valence-electron chi connectivity index (χ3n) is 5.00. The van der Waals surface area contributed by atoms with Gasteiger partial charge in [0.05, 0.1) is 23.4 Å². The van der Waals surface area contributed by atoms with Gasteiger partial charge in [-0.05, 0) is 38.3 Å². The molecule has 0 saturated carbocycles. The van der Waals surface area contributed by atoms with Crippen LogP contribution in [0.4, 0.5) is 0 Å². The summed E-state index contributed by atoms with van der Waals surface area (Å²) in [6.45, 7) is 7.29. The highest BCUT2D eigenvalue weighted by Crippen LogP contribution is 2.20. The van der Waals surface area contributed by atoms with E-state index in [1.807, 2.05) is 54.2 Å². The molecular formula is C21H26N4OS. The quantitative estimate of drug-likeness (QED) is 0.621. The first kappa shape index (κ1) is 19.3. The lowest BCUT2D eigenvalue weighted by atomic mass is 10.1. The monoisotopic (exact) mass is 382 g/mol. The first-order valence-electron chi connectivity index (χ1n) is 9.15. The molecule has 3 rings (SSSR count). The Morgan fingerprint density at radius 1 is 1.11 bits per heavy atom. The van der Waals surface area contributed by atoms with E-state index >= 15 is 0 Å². The van der Waals surface area contributed by atoms with E-state index in [0.29, 0.717) is 19.5 Å². The molecule has 0 N–H and O–H groups in total. The van der Waals surface area contributed by atoms with Crippen molar-refractivity contribution in [2.45, 2.75) is 46.7 Å². The summed E-state index contributed by atoms with van der Waals surface area (Å²) in [5.41, 5.74) is 7.31. The van der Waals surface area contributed by atoms with Crippen LogP contribution in [0.1, 0.15) is 39.5 Å². The molecular weight excluding hydrogens is 356 g/mol. The van der Waals surface area contributed by atoms with Gasteiger partial charge in [-0.15, -0.1) is 11.3 Å². The Morgan fingerprint density at radius 2 is 1.85 bits per heavy atom. The first-order valence-corrected chi connectivity index (χ1v) is 10.0. The van der Waals surface area contributed by atoms with Crippen molar-refractivity contribution in [1.82, 2.24) is 19.7 Å². The van der Waals surface area contributed by atoms with Gasteiger partial charge in [0.25, 0.3) is 0 Å². The van der Waals surface area contributed by atoms with Crippen LogP contribution in [-0.4, -0.2) is 25.6 Å². The van der Waals surface area contributed by atoms with Gasteiger partial charge in [0.1, 0.15) is 0 Å². The zero-order chi connectivity index (χ0) is 19.4. The number of rotatable bonds is 7. The first-order chi connectivity index (χ1) is 13.0. The molecule has 3 aromatic rings. The van der Waals surface area contributed by atoms with Crippen LogP contribution in [0, 0.1) is 20.8 Å². The number of hydrogen-bond donors (Lipinski definition) is 0. The summed E-state index contributed by atoms with van der Waals surface area (Å²) in [4.78, 5) is 20.5. The molecule has 2 aromatic heterocycles. The van der Waals surface area contributed by atoms with Gasteiger partial charge >= 0.3 is 0 Å². The zero-order valence-electron chi connectivity index (χ0n) is 16.4. The van der Waals surface area contributed by atoms with Crippen LogP contribution in [0.5, 0.6) is 0 Å². The molecule has 142 valence electrons. The third-order valence-corrected chi connectivity index (χ3v) is 5.92. The number of carbonyl (C=O) groups excluding carboxylic acids is 1. The molecule has 1 amide bonds. The van der Waals surface area contributed by atoms with Crippen molar-refractivity contribution in [3.05, 3.63) is 68.9 Å². The summed E-state index contributed by atoms with van der Waals surface area (Å²) in [7, 11) is 1.95. The number of aromatic nitrogens is 3. The molecule has 0 fully saturated rings. The molecule has 27 heavy (non-hydrogen) atoms. The molecule has 0 unspecified atom stereocenters. The maximum atomic E-state index is 13.1. The fraction of sp³-hybridized carbons (Fsp3) is 0.381. The summed E-state index contributed by atoms with van der Waals surface area (Å²) >= 11 is 1.61. The van der Waals surface area contributed by atoms with Gasteiger partial charge in [0.2, 0.25) is 5.91 Å².